The van der Waals surface area contributed by atoms with Crippen LogP contribution in [0.1, 0.15) is 10.5 Å². The van der Waals surface area contributed by atoms with Crippen molar-refractivity contribution in [1.82, 2.24) is 9.29 Å². The lowest BCUT2D eigenvalue weighted by atomic mass is 10.3. The number of hydrogen-bond donors (Lipinski definition) is 4. The summed E-state index contributed by atoms with van der Waals surface area (Å²) in [6, 6.07) is 1.08. The van der Waals surface area contributed by atoms with Crippen LogP contribution in [0.4, 0.5) is 0 Å². The number of aryl methyl sites for hydroxylation is 1. The lowest BCUT2D eigenvalue weighted by molar-refractivity contribution is -0.125. The van der Waals surface area contributed by atoms with Gasteiger partial charge >= 0.3 is 0 Å². The molecule has 1 unspecified atom stereocenters. The van der Waals surface area contributed by atoms with E-state index in [4.69, 9.17) is 16.6 Å². The van der Waals surface area contributed by atoms with Crippen LogP contribution in [0.25, 0.3) is 0 Å². The normalized spacial score (nSPS) is 13.2. The molecule has 2 amide bonds. The lowest BCUT2D eigenvalue weighted by Gasteiger charge is -2.07. The summed E-state index contributed by atoms with van der Waals surface area (Å²) >= 11 is 0. The highest BCUT2D eigenvalue weighted by Crippen LogP contribution is 2.12. The zero-order valence-electron chi connectivity index (χ0n) is 10.0. The summed E-state index contributed by atoms with van der Waals surface area (Å²) < 4.78 is 26.9. The van der Waals surface area contributed by atoms with Crippen molar-refractivity contribution in [3.05, 3.63) is 18.0 Å². The molecule has 106 valence electrons. The first-order chi connectivity index (χ1) is 8.65. The maximum Gasteiger partial charge on any atom is 0.265 e. The number of hydrogen-bond acceptors (Lipinski definition) is 5. The van der Waals surface area contributed by atoms with Crippen molar-refractivity contribution >= 4 is 21.8 Å². The van der Waals surface area contributed by atoms with Gasteiger partial charge in [0, 0.05) is 19.8 Å². The van der Waals surface area contributed by atoms with Gasteiger partial charge in [-0.05, 0) is 6.07 Å². The van der Waals surface area contributed by atoms with Crippen molar-refractivity contribution in [3.8, 4) is 0 Å². The van der Waals surface area contributed by atoms with E-state index in [1.54, 1.807) is 0 Å². The van der Waals surface area contributed by atoms with Crippen molar-refractivity contribution < 1.29 is 23.1 Å². The minimum Gasteiger partial charge on any atom is -0.382 e. The van der Waals surface area contributed by atoms with E-state index in [1.807, 2.05) is 4.72 Å². The van der Waals surface area contributed by atoms with E-state index in [-0.39, 0.29) is 10.6 Å². The first-order valence-electron chi connectivity index (χ1n) is 5.08. The molecule has 1 atom stereocenters. The minimum absolute atomic E-state index is 0.0100. The number of aliphatic hydroxyl groups is 1. The van der Waals surface area contributed by atoms with E-state index in [9.17, 15) is 18.0 Å². The molecule has 1 aromatic heterocycles. The van der Waals surface area contributed by atoms with Crippen LogP contribution in [0.15, 0.2) is 17.2 Å². The summed E-state index contributed by atoms with van der Waals surface area (Å²) in [7, 11) is -2.51. The summed E-state index contributed by atoms with van der Waals surface area (Å²) in [6.45, 7) is -0.557. The minimum atomic E-state index is -3.97. The van der Waals surface area contributed by atoms with Crippen LogP contribution in [-0.2, 0) is 21.9 Å². The molecular formula is C9H14N4O5S. The predicted molar refractivity (Wildman–Crippen MR) is 64.3 cm³/mol. The summed E-state index contributed by atoms with van der Waals surface area (Å²) in [5, 5.41) is 9.10. The molecule has 1 rings (SSSR count). The van der Waals surface area contributed by atoms with E-state index in [1.165, 1.54) is 17.8 Å². The number of carbonyl (C=O) groups is 2. The van der Waals surface area contributed by atoms with Gasteiger partial charge in [-0.3, -0.25) is 9.59 Å². The Labute approximate surface area is 109 Å². The second kappa shape index (κ2) is 5.38. The molecule has 0 bridgehead atoms. The molecule has 0 radical (unpaired) electrons. The highest BCUT2D eigenvalue weighted by molar-refractivity contribution is 7.89. The van der Waals surface area contributed by atoms with E-state index in [0.29, 0.717) is 0 Å². The Balaban J connectivity index is 2.92. The van der Waals surface area contributed by atoms with E-state index < -0.39 is 34.5 Å². The molecule has 0 aliphatic heterocycles. The molecule has 10 heteroatoms. The molecule has 1 heterocycles. The van der Waals surface area contributed by atoms with E-state index >= 15 is 0 Å². The van der Waals surface area contributed by atoms with Gasteiger partial charge in [-0.25, -0.2) is 13.1 Å². The molecule has 0 aromatic carbocycles. The van der Waals surface area contributed by atoms with Crippen LogP contribution in [0, 0.1) is 0 Å². The second-order valence-electron chi connectivity index (χ2n) is 3.81. The first-order valence-corrected chi connectivity index (χ1v) is 6.56. The van der Waals surface area contributed by atoms with Crippen LogP contribution in [0.2, 0.25) is 0 Å². The Morgan fingerprint density at radius 2 is 2.05 bits per heavy atom. The molecule has 1 aromatic rings. The summed E-state index contributed by atoms with van der Waals surface area (Å²) in [6.07, 6.45) is -0.451. The van der Waals surface area contributed by atoms with Crippen molar-refractivity contribution in [2.75, 3.05) is 6.54 Å². The molecule has 0 fully saturated rings. The fraction of sp³-hybridized carbons (Fsp3) is 0.333. The van der Waals surface area contributed by atoms with Gasteiger partial charge in [0.15, 0.2) is 0 Å². The third kappa shape index (κ3) is 3.53. The van der Waals surface area contributed by atoms with Gasteiger partial charge in [0.1, 0.15) is 16.7 Å². The number of aliphatic hydroxyl groups excluding tert-OH is 1. The molecule has 0 saturated carbocycles. The van der Waals surface area contributed by atoms with Gasteiger partial charge in [0.05, 0.1) is 0 Å². The number of nitrogens with two attached hydrogens (primary N) is 2. The summed E-state index contributed by atoms with van der Waals surface area (Å²) in [5.41, 5.74) is 9.85. The van der Waals surface area contributed by atoms with Crippen LogP contribution in [0.5, 0.6) is 0 Å². The number of nitrogens with one attached hydrogen (secondary N) is 1. The van der Waals surface area contributed by atoms with Crippen molar-refractivity contribution in [1.29, 1.82) is 0 Å². The molecule has 0 aliphatic rings. The number of aromatic nitrogens is 1. The third-order valence-corrected chi connectivity index (χ3v) is 3.73. The van der Waals surface area contributed by atoms with E-state index in [0.717, 1.165) is 6.07 Å². The van der Waals surface area contributed by atoms with Crippen molar-refractivity contribution in [2.45, 2.75) is 11.0 Å². The average Bonchev–Trinajstić information content (AvgIpc) is 2.69. The van der Waals surface area contributed by atoms with Gasteiger partial charge < -0.3 is 21.1 Å². The SMILES string of the molecule is Cn1cc(S(=O)(=O)NCC(O)C(N)=O)cc1C(N)=O. The maximum absolute atomic E-state index is 11.8. The molecular weight excluding hydrogens is 276 g/mol. The van der Waals surface area contributed by atoms with Gasteiger partial charge in [0.25, 0.3) is 5.91 Å². The van der Waals surface area contributed by atoms with Crippen LogP contribution >= 0.6 is 0 Å². The van der Waals surface area contributed by atoms with Crippen LogP contribution in [0.3, 0.4) is 0 Å². The number of sulfonamides is 1. The number of rotatable bonds is 6. The quantitative estimate of drug-likeness (QED) is 0.446. The molecule has 9 nitrogen and oxygen atoms in total. The van der Waals surface area contributed by atoms with Gasteiger partial charge in [0.2, 0.25) is 15.9 Å². The molecule has 6 N–H and O–H groups in total. The number of nitrogens with zero attached hydrogens (tertiary/aromatic N) is 1. The Bertz CT molecular complexity index is 606. The van der Waals surface area contributed by atoms with E-state index in [2.05, 4.69) is 0 Å². The molecule has 19 heavy (non-hydrogen) atoms. The van der Waals surface area contributed by atoms with Crippen molar-refractivity contribution in [3.63, 3.8) is 0 Å². The average molecular weight is 290 g/mol. The molecule has 0 saturated heterocycles. The Hall–Kier alpha value is -1.91. The third-order valence-electron chi connectivity index (χ3n) is 2.34. The fourth-order valence-electron chi connectivity index (χ4n) is 1.30. The number of primary amides is 2. The van der Waals surface area contributed by atoms with Crippen LogP contribution in [-0.4, -0.2) is 42.6 Å². The zero-order valence-corrected chi connectivity index (χ0v) is 10.8. The summed E-state index contributed by atoms with van der Waals surface area (Å²) in [5.74, 6) is -1.82. The first kappa shape index (κ1) is 15.1. The Morgan fingerprint density at radius 1 is 1.47 bits per heavy atom. The summed E-state index contributed by atoms with van der Waals surface area (Å²) in [4.78, 5) is 21.4. The number of carbonyl (C=O) groups excluding carboxylic acids is 2. The van der Waals surface area contributed by atoms with Crippen LogP contribution < -0.4 is 16.2 Å². The van der Waals surface area contributed by atoms with Crippen molar-refractivity contribution in [2.24, 2.45) is 18.5 Å². The van der Waals surface area contributed by atoms with Gasteiger partial charge in [-0.2, -0.15) is 0 Å². The topological polar surface area (TPSA) is 158 Å². The largest absolute Gasteiger partial charge is 0.382 e. The second-order valence-corrected chi connectivity index (χ2v) is 5.57. The molecule has 0 aliphatic carbocycles. The zero-order chi connectivity index (χ0) is 14.8. The highest BCUT2D eigenvalue weighted by Gasteiger charge is 2.21. The highest BCUT2D eigenvalue weighted by atomic mass is 32.2. The van der Waals surface area contributed by atoms with Gasteiger partial charge in [-0.15, -0.1) is 0 Å². The monoisotopic (exact) mass is 290 g/mol. The lowest BCUT2D eigenvalue weighted by Crippen LogP contribution is -2.39. The Morgan fingerprint density at radius 3 is 2.47 bits per heavy atom. The smallest absolute Gasteiger partial charge is 0.265 e. The standard InChI is InChI=1S/C9H14N4O5S/c1-13-4-5(2-6(13)8(10)15)19(17,18)12-3-7(14)9(11)16/h2,4,7,12,14H,3H2,1H3,(H2,10,15)(H2,11,16). The maximum atomic E-state index is 11.8. The number of amides is 2. The fourth-order valence-corrected chi connectivity index (χ4v) is 2.41. The Kier molecular flexibility index (Phi) is 4.29. The van der Waals surface area contributed by atoms with Gasteiger partial charge in [-0.1, -0.05) is 0 Å². The molecule has 0 spiro atoms. The predicted octanol–water partition coefficient (Wildman–Crippen LogP) is -2.75.